The van der Waals surface area contributed by atoms with Gasteiger partial charge >= 0.3 is 0 Å². The number of carbonyl (C=O) groups is 1. The zero-order valence-corrected chi connectivity index (χ0v) is 8.86. The number of aryl methyl sites for hydroxylation is 1. The average molecular weight is 211 g/mol. The fourth-order valence-electron chi connectivity index (χ4n) is 1.28. The predicted octanol–water partition coefficient (Wildman–Crippen LogP) is 0.430. The molecule has 2 heterocycles. The first kappa shape index (κ1) is 9.61. The van der Waals surface area contributed by atoms with Gasteiger partial charge in [0.05, 0.1) is 12.6 Å². The maximum atomic E-state index is 11.4. The second-order valence-corrected chi connectivity index (χ2v) is 4.34. The van der Waals surface area contributed by atoms with Crippen LogP contribution in [0.15, 0.2) is 5.38 Å². The Hall–Kier alpha value is -0.940. The fourth-order valence-corrected chi connectivity index (χ4v) is 1.99. The summed E-state index contributed by atoms with van der Waals surface area (Å²) in [5.41, 5.74) is 1.01. The zero-order chi connectivity index (χ0) is 9.97. The van der Waals surface area contributed by atoms with Crippen LogP contribution in [-0.2, 0) is 11.3 Å². The first-order valence-corrected chi connectivity index (χ1v) is 5.56. The van der Waals surface area contributed by atoms with E-state index >= 15 is 0 Å². The Kier molecular flexibility index (Phi) is 2.79. The number of hydrogen-bond acceptors (Lipinski definition) is 4. The second kappa shape index (κ2) is 4.06. The molecule has 1 aromatic rings. The molecule has 1 fully saturated rings. The highest BCUT2D eigenvalue weighted by atomic mass is 32.1. The first-order valence-electron chi connectivity index (χ1n) is 4.68. The van der Waals surface area contributed by atoms with E-state index in [0.717, 1.165) is 23.7 Å². The normalized spacial score (nSPS) is 20.2. The first-order chi connectivity index (χ1) is 6.75. The molecule has 14 heavy (non-hydrogen) atoms. The molecule has 5 heteroatoms. The molecule has 1 aliphatic rings. The van der Waals surface area contributed by atoms with Crippen LogP contribution in [0.2, 0.25) is 0 Å². The van der Waals surface area contributed by atoms with E-state index < -0.39 is 0 Å². The zero-order valence-electron chi connectivity index (χ0n) is 8.04. The third kappa shape index (κ3) is 2.10. The number of amides is 1. The number of rotatable bonds is 3. The van der Waals surface area contributed by atoms with E-state index in [-0.39, 0.29) is 11.9 Å². The third-order valence-electron chi connectivity index (χ3n) is 2.22. The molecule has 1 amide bonds. The van der Waals surface area contributed by atoms with Crippen molar-refractivity contribution < 1.29 is 4.79 Å². The van der Waals surface area contributed by atoms with Gasteiger partial charge in [-0.3, -0.25) is 4.79 Å². The summed E-state index contributed by atoms with van der Waals surface area (Å²) < 4.78 is 0. The molecule has 0 aromatic carbocycles. The molecule has 1 saturated heterocycles. The summed E-state index contributed by atoms with van der Waals surface area (Å²) in [7, 11) is 0. The van der Waals surface area contributed by atoms with E-state index in [0.29, 0.717) is 6.54 Å². The molecule has 0 spiro atoms. The molecular formula is C9H13N3OS. The van der Waals surface area contributed by atoms with Crippen LogP contribution in [-0.4, -0.2) is 23.5 Å². The molecule has 0 saturated carbocycles. The Morgan fingerprint density at radius 2 is 2.64 bits per heavy atom. The summed E-state index contributed by atoms with van der Waals surface area (Å²) >= 11 is 1.58. The highest BCUT2D eigenvalue weighted by Gasteiger charge is 2.23. The van der Waals surface area contributed by atoms with Crippen molar-refractivity contribution in [3.05, 3.63) is 16.1 Å². The lowest BCUT2D eigenvalue weighted by Crippen LogP contribution is -2.52. The van der Waals surface area contributed by atoms with E-state index in [4.69, 9.17) is 0 Å². The minimum absolute atomic E-state index is 0.0241. The number of thiazole rings is 1. The molecule has 0 bridgehead atoms. The van der Waals surface area contributed by atoms with E-state index in [1.54, 1.807) is 11.3 Å². The molecule has 0 aliphatic carbocycles. The second-order valence-electron chi connectivity index (χ2n) is 3.40. The molecule has 1 atom stereocenters. The number of nitrogens with one attached hydrogen (secondary N) is 2. The highest BCUT2D eigenvalue weighted by molar-refractivity contribution is 7.09. The van der Waals surface area contributed by atoms with Gasteiger partial charge < -0.3 is 10.6 Å². The van der Waals surface area contributed by atoms with Crippen molar-refractivity contribution >= 4 is 17.2 Å². The number of nitrogens with zero attached hydrogens (tertiary/aromatic N) is 1. The Bertz CT molecular complexity index is 333. The van der Waals surface area contributed by atoms with Gasteiger partial charge in [0.15, 0.2) is 0 Å². The van der Waals surface area contributed by atoms with Gasteiger partial charge in [0, 0.05) is 11.1 Å². The van der Waals surface area contributed by atoms with Crippen molar-refractivity contribution in [2.45, 2.75) is 25.9 Å². The van der Waals surface area contributed by atoms with Crippen LogP contribution in [0.4, 0.5) is 0 Å². The monoisotopic (exact) mass is 211 g/mol. The van der Waals surface area contributed by atoms with Crippen molar-refractivity contribution in [2.24, 2.45) is 0 Å². The van der Waals surface area contributed by atoms with Crippen LogP contribution in [0.1, 0.15) is 17.1 Å². The Morgan fingerprint density at radius 3 is 3.14 bits per heavy atom. The van der Waals surface area contributed by atoms with Gasteiger partial charge in [-0.1, -0.05) is 0 Å². The smallest absolute Gasteiger partial charge is 0.237 e. The molecule has 4 nitrogen and oxygen atoms in total. The van der Waals surface area contributed by atoms with Crippen molar-refractivity contribution in [2.75, 3.05) is 6.54 Å². The number of carbonyl (C=O) groups excluding carboxylic acids is 1. The molecule has 0 radical (unpaired) electrons. The van der Waals surface area contributed by atoms with Crippen molar-refractivity contribution in [1.82, 2.24) is 15.6 Å². The third-order valence-corrected chi connectivity index (χ3v) is 3.19. The minimum Gasteiger partial charge on any atom is -0.348 e. The van der Waals surface area contributed by atoms with Gasteiger partial charge in [-0.15, -0.1) is 11.3 Å². The number of hydrogen-bond donors (Lipinski definition) is 2. The van der Waals surface area contributed by atoms with Gasteiger partial charge in [0.1, 0.15) is 5.01 Å². The van der Waals surface area contributed by atoms with Crippen LogP contribution in [0.5, 0.6) is 0 Å². The quantitative estimate of drug-likeness (QED) is 0.762. The highest BCUT2D eigenvalue weighted by Crippen LogP contribution is 2.08. The summed E-state index contributed by atoms with van der Waals surface area (Å²) in [6, 6.07) is 0.0241. The van der Waals surface area contributed by atoms with Crippen LogP contribution in [0.25, 0.3) is 0 Å². The molecule has 1 aliphatic heterocycles. The maximum absolute atomic E-state index is 11.4. The van der Waals surface area contributed by atoms with E-state index in [9.17, 15) is 4.79 Å². The topological polar surface area (TPSA) is 54.0 Å². The Balaban J connectivity index is 1.79. The summed E-state index contributed by atoms with van der Waals surface area (Å²) in [4.78, 5) is 15.7. The number of aromatic nitrogens is 1. The molecule has 2 rings (SSSR count). The molecule has 1 aromatic heterocycles. The lowest BCUT2D eigenvalue weighted by atomic mass is 10.1. The van der Waals surface area contributed by atoms with E-state index in [1.165, 1.54) is 0 Å². The van der Waals surface area contributed by atoms with Crippen molar-refractivity contribution in [3.63, 3.8) is 0 Å². The van der Waals surface area contributed by atoms with Crippen LogP contribution < -0.4 is 10.6 Å². The summed E-state index contributed by atoms with van der Waals surface area (Å²) in [5, 5.41) is 8.88. The lowest BCUT2D eigenvalue weighted by molar-refractivity contribution is -0.124. The molecule has 76 valence electrons. The van der Waals surface area contributed by atoms with Gasteiger partial charge in [0.25, 0.3) is 0 Å². The maximum Gasteiger partial charge on any atom is 0.237 e. The minimum atomic E-state index is 0.0241. The SMILES string of the molecule is Cc1csc(CNC(=O)[C@H]2CCN2)n1. The van der Waals surface area contributed by atoms with Crippen LogP contribution in [0, 0.1) is 6.92 Å². The molecule has 0 unspecified atom stereocenters. The lowest BCUT2D eigenvalue weighted by Gasteiger charge is -2.25. The van der Waals surface area contributed by atoms with Gasteiger partial charge in [-0.2, -0.15) is 0 Å². The molecule has 2 N–H and O–H groups in total. The van der Waals surface area contributed by atoms with E-state index in [2.05, 4.69) is 15.6 Å². The predicted molar refractivity (Wildman–Crippen MR) is 55.1 cm³/mol. The van der Waals surface area contributed by atoms with Crippen molar-refractivity contribution in [1.29, 1.82) is 0 Å². The summed E-state index contributed by atoms with van der Waals surface area (Å²) in [6.45, 7) is 3.46. The average Bonchev–Trinajstić information content (AvgIpc) is 2.45. The van der Waals surface area contributed by atoms with Crippen LogP contribution >= 0.6 is 11.3 Å². The van der Waals surface area contributed by atoms with Gasteiger partial charge in [-0.05, 0) is 19.9 Å². The van der Waals surface area contributed by atoms with Gasteiger partial charge in [0.2, 0.25) is 5.91 Å². The molecular weight excluding hydrogens is 198 g/mol. The standard InChI is InChI=1S/C9H13N3OS/c1-6-5-14-8(12-6)4-11-9(13)7-2-3-10-7/h5,7,10H,2-4H2,1H3,(H,11,13)/t7-/m1/s1. The fraction of sp³-hybridized carbons (Fsp3) is 0.556. The Morgan fingerprint density at radius 1 is 1.86 bits per heavy atom. The summed E-state index contributed by atoms with van der Waals surface area (Å²) in [5.74, 6) is 0.0871. The largest absolute Gasteiger partial charge is 0.348 e. The van der Waals surface area contributed by atoms with Gasteiger partial charge in [-0.25, -0.2) is 4.98 Å². The van der Waals surface area contributed by atoms with E-state index in [1.807, 2.05) is 12.3 Å². The Labute approximate surface area is 86.7 Å². The van der Waals surface area contributed by atoms with Crippen molar-refractivity contribution in [3.8, 4) is 0 Å². The summed E-state index contributed by atoms with van der Waals surface area (Å²) in [6.07, 6.45) is 0.947. The van der Waals surface area contributed by atoms with Crippen LogP contribution in [0.3, 0.4) is 0 Å².